The summed E-state index contributed by atoms with van der Waals surface area (Å²) in [5, 5.41) is 0. The molecule has 0 aromatic rings. The lowest BCUT2D eigenvalue weighted by atomic mass is 9.79. The summed E-state index contributed by atoms with van der Waals surface area (Å²) >= 11 is 0. The van der Waals surface area contributed by atoms with E-state index in [1.54, 1.807) is 0 Å². The second-order valence-corrected chi connectivity index (χ2v) is 9.01. The summed E-state index contributed by atoms with van der Waals surface area (Å²) in [6.07, 6.45) is 5.79. The molecule has 2 aliphatic heterocycles. The number of hydrogen-bond donors (Lipinski definition) is 0. The molecule has 140 valence electrons. The highest BCUT2D eigenvalue weighted by atomic mass is 16.2. The fourth-order valence-corrected chi connectivity index (χ4v) is 4.43. The van der Waals surface area contributed by atoms with Gasteiger partial charge < -0.3 is 14.7 Å². The molecule has 0 N–H and O–H groups in total. The molecule has 1 amide bonds. The predicted octanol–water partition coefficient (Wildman–Crippen LogP) is 2.93. The fraction of sp³-hybridized carbons (Fsp3) is 0.950. The van der Waals surface area contributed by atoms with Crippen LogP contribution in [0.4, 0.5) is 0 Å². The fourth-order valence-electron chi connectivity index (χ4n) is 4.43. The molecular weight excluding hydrogens is 298 g/mol. The minimum atomic E-state index is 0.247. The Hall–Kier alpha value is -0.610. The van der Waals surface area contributed by atoms with E-state index in [-0.39, 0.29) is 5.54 Å². The normalized spacial score (nSPS) is 28.5. The van der Waals surface area contributed by atoms with Crippen molar-refractivity contribution in [2.45, 2.75) is 58.4 Å². The standard InChI is InChI=1S/C20H39N3O/c1-16(17-10-12-22(5)19(24)14-17)9-13-23(6)20(2,3)18-8-7-11-21(4)15-18/h16-18H,7-15H2,1-6H3/t16?,17-,18-/m1/s1. The predicted molar refractivity (Wildman–Crippen MR) is 101 cm³/mol. The van der Waals surface area contributed by atoms with Crippen LogP contribution in [0, 0.1) is 17.8 Å². The van der Waals surface area contributed by atoms with Crippen LogP contribution in [0.3, 0.4) is 0 Å². The number of amides is 1. The van der Waals surface area contributed by atoms with E-state index in [9.17, 15) is 4.79 Å². The van der Waals surface area contributed by atoms with Crippen LogP contribution < -0.4 is 0 Å². The van der Waals surface area contributed by atoms with Gasteiger partial charge in [0, 0.05) is 32.1 Å². The van der Waals surface area contributed by atoms with E-state index in [0.717, 1.165) is 25.4 Å². The molecule has 3 atom stereocenters. The van der Waals surface area contributed by atoms with Gasteiger partial charge >= 0.3 is 0 Å². The van der Waals surface area contributed by atoms with Crippen LogP contribution in [0.5, 0.6) is 0 Å². The Balaban J connectivity index is 1.82. The molecule has 0 aromatic carbocycles. The van der Waals surface area contributed by atoms with Crippen LogP contribution in [-0.4, -0.2) is 73.5 Å². The zero-order valence-electron chi connectivity index (χ0n) is 16.8. The Labute approximate surface area is 149 Å². The van der Waals surface area contributed by atoms with Gasteiger partial charge in [-0.3, -0.25) is 4.79 Å². The van der Waals surface area contributed by atoms with Crippen molar-refractivity contribution < 1.29 is 4.79 Å². The lowest BCUT2D eigenvalue weighted by Crippen LogP contribution is -2.53. The van der Waals surface area contributed by atoms with Gasteiger partial charge in [0.2, 0.25) is 5.91 Å². The van der Waals surface area contributed by atoms with Crippen LogP contribution in [-0.2, 0) is 4.79 Å². The maximum absolute atomic E-state index is 12.0. The van der Waals surface area contributed by atoms with Crippen molar-refractivity contribution in [2.75, 3.05) is 47.3 Å². The Kier molecular flexibility index (Phi) is 6.72. The van der Waals surface area contributed by atoms with E-state index in [4.69, 9.17) is 0 Å². The molecule has 0 spiro atoms. The summed E-state index contributed by atoms with van der Waals surface area (Å²) in [6.45, 7) is 11.7. The molecule has 24 heavy (non-hydrogen) atoms. The van der Waals surface area contributed by atoms with Gasteiger partial charge in [-0.25, -0.2) is 0 Å². The largest absolute Gasteiger partial charge is 0.346 e. The van der Waals surface area contributed by atoms with E-state index < -0.39 is 0 Å². The first kappa shape index (κ1) is 19.7. The zero-order chi connectivity index (χ0) is 17.9. The zero-order valence-corrected chi connectivity index (χ0v) is 16.8. The Morgan fingerprint density at radius 1 is 1.25 bits per heavy atom. The second-order valence-electron chi connectivity index (χ2n) is 9.01. The average Bonchev–Trinajstić information content (AvgIpc) is 2.54. The summed E-state index contributed by atoms with van der Waals surface area (Å²) in [5.41, 5.74) is 0.247. The van der Waals surface area contributed by atoms with Crippen LogP contribution in [0.25, 0.3) is 0 Å². The third-order valence-electron chi connectivity index (χ3n) is 7.03. The summed E-state index contributed by atoms with van der Waals surface area (Å²) in [7, 11) is 6.48. The minimum absolute atomic E-state index is 0.247. The van der Waals surface area contributed by atoms with Gasteiger partial charge in [-0.1, -0.05) is 6.92 Å². The molecule has 0 aliphatic carbocycles. The molecule has 4 heteroatoms. The molecule has 2 aliphatic rings. The molecule has 0 saturated carbocycles. The third kappa shape index (κ3) is 4.72. The molecule has 2 rings (SSSR count). The van der Waals surface area contributed by atoms with Crippen molar-refractivity contribution in [3.63, 3.8) is 0 Å². The van der Waals surface area contributed by atoms with Gasteiger partial charge in [0.1, 0.15) is 0 Å². The van der Waals surface area contributed by atoms with Crippen molar-refractivity contribution in [1.29, 1.82) is 0 Å². The number of nitrogens with zero attached hydrogens (tertiary/aromatic N) is 3. The highest BCUT2D eigenvalue weighted by Gasteiger charge is 2.36. The number of likely N-dealkylation sites (tertiary alicyclic amines) is 2. The highest BCUT2D eigenvalue weighted by Crippen LogP contribution is 2.32. The first-order valence-electron chi connectivity index (χ1n) is 9.85. The molecule has 0 radical (unpaired) electrons. The second kappa shape index (κ2) is 8.18. The Morgan fingerprint density at radius 3 is 2.58 bits per heavy atom. The van der Waals surface area contributed by atoms with Gasteiger partial charge in [0.25, 0.3) is 0 Å². The van der Waals surface area contributed by atoms with Gasteiger partial charge in [0.15, 0.2) is 0 Å². The maximum atomic E-state index is 12.0. The van der Waals surface area contributed by atoms with Crippen LogP contribution in [0.2, 0.25) is 0 Å². The number of piperidine rings is 2. The molecule has 2 saturated heterocycles. The molecule has 2 heterocycles. The van der Waals surface area contributed by atoms with Crippen molar-refractivity contribution in [1.82, 2.24) is 14.7 Å². The molecular formula is C20H39N3O. The number of carbonyl (C=O) groups excluding carboxylic acids is 1. The maximum Gasteiger partial charge on any atom is 0.222 e. The SMILES string of the molecule is CC(CCN(C)C(C)(C)[C@@H]1CCCN(C)C1)[C@@H]1CCN(C)C(=O)C1. The topological polar surface area (TPSA) is 26.8 Å². The van der Waals surface area contributed by atoms with Crippen LogP contribution in [0.1, 0.15) is 52.9 Å². The molecule has 2 fully saturated rings. The summed E-state index contributed by atoms with van der Waals surface area (Å²) in [4.78, 5) is 18.9. The number of hydrogen-bond acceptors (Lipinski definition) is 3. The summed E-state index contributed by atoms with van der Waals surface area (Å²) in [5.74, 6) is 2.29. The number of carbonyl (C=O) groups is 1. The van der Waals surface area contributed by atoms with E-state index in [2.05, 4.69) is 44.7 Å². The molecule has 0 bridgehead atoms. The van der Waals surface area contributed by atoms with Crippen molar-refractivity contribution in [3.8, 4) is 0 Å². The average molecular weight is 338 g/mol. The Bertz CT molecular complexity index is 423. The van der Waals surface area contributed by atoms with Crippen molar-refractivity contribution in [3.05, 3.63) is 0 Å². The molecule has 4 nitrogen and oxygen atoms in total. The van der Waals surface area contributed by atoms with Crippen molar-refractivity contribution >= 4 is 5.91 Å². The molecule has 1 unspecified atom stereocenters. The third-order valence-corrected chi connectivity index (χ3v) is 7.03. The quantitative estimate of drug-likeness (QED) is 0.745. The summed E-state index contributed by atoms with van der Waals surface area (Å²) < 4.78 is 0. The van der Waals surface area contributed by atoms with Gasteiger partial charge in [-0.2, -0.15) is 0 Å². The Morgan fingerprint density at radius 2 is 1.96 bits per heavy atom. The smallest absolute Gasteiger partial charge is 0.222 e. The minimum Gasteiger partial charge on any atom is -0.346 e. The first-order valence-corrected chi connectivity index (χ1v) is 9.85. The van der Waals surface area contributed by atoms with Crippen molar-refractivity contribution in [2.24, 2.45) is 17.8 Å². The van der Waals surface area contributed by atoms with E-state index in [0.29, 0.717) is 17.7 Å². The lowest BCUT2D eigenvalue weighted by molar-refractivity contribution is -0.134. The first-order chi connectivity index (χ1) is 11.2. The van der Waals surface area contributed by atoms with Gasteiger partial charge in [0.05, 0.1) is 0 Å². The van der Waals surface area contributed by atoms with E-state index in [1.807, 2.05) is 11.9 Å². The van der Waals surface area contributed by atoms with Gasteiger partial charge in [-0.05, 0) is 84.5 Å². The highest BCUT2D eigenvalue weighted by molar-refractivity contribution is 5.76. The van der Waals surface area contributed by atoms with E-state index in [1.165, 1.54) is 38.8 Å². The van der Waals surface area contributed by atoms with E-state index >= 15 is 0 Å². The van der Waals surface area contributed by atoms with Crippen LogP contribution in [0.15, 0.2) is 0 Å². The monoisotopic (exact) mass is 337 g/mol. The number of rotatable bonds is 6. The molecule has 0 aromatic heterocycles. The lowest BCUT2D eigenvalue weighted by Gasteiger charge is -2.46. The summed E-state index contributed by atoms with van der Waals surface area (Å²) in [6, 6.07) is 0. The van der Waals surface area contributed by atoms with Gasteiger partial charge in [-0.15, -0.1) is 0 Å². The van der Waals surface area contributed by atoms with Crippen LogP contribution >= 0.6 is 0 Å².